The van der Waals surface area contributed by atoms with Crippen LogP contribution in [0.25, 0.3) is 21.9 Å². The van der Waals surface area contributed by atoms with Crippen LogP contribution in [0, 0.1) is 0 Å². The molecule has 0 spiro atoms. The summed E-state index contributed by atoms with van der Waals surface area (Å²) in [4.78, 5) is 2.28. The second-order valence-electron chi connectivity index (χ2n) is 9.48. The van der Waals surface area contributed by atoms with E-state index in [0.29, 0.717) is 13.4 Å². The quantitative estimate of drug-likeness (QED) is 0.279. The predicted octanol–water partition coefficient (Wildman–Crippen LogP) is 7.52. The maximum Gasteiger partial charge on any atom is 0.569 e. The number of hydrogen-bond acceptors (Lipinski definition) is 3. The summed E-state index contributed by atoms with van der Waals surface area (Å²) in [5.41, 5.74) is 8.43. The second kappa shape index (κ2) is 8.33. The van der Waals surface area contributed by atoms with Crippen LogP contribution in [0.4, 0.5) is 17.1 Å². The van der Waals surface area contributed by atoms with Gasteiger partial charge in [0.25, 0.3) is 0 Å². The molecule has 5 aromatic rings. The average molecular weight is 454 g/mol. The van der Waals surface area contributed by atoms with Crippen LogP contribution in [0.5, 0.6) is 5.75 Å². The molecule has 0 heterocycles. The molecule has 169 valence electrons. The Morgan fingerprint density at radius 3 is 2.06 bits per heavy atom. The molecule has 0 saturated carbocycles. The summed E-state index contributed by atoms with van der Waals surface area (Å²) in [5, 5.41) is 11.4. The van der Waals surface area contributed by atoms with E-state index in [0.717, 1.165) is 17.1 Å². The molecular weight excluding hydrogens is 429 g/mol. The Kier molecular flexibility index (Phi) is 5.12. The molecule has 4 heteroatoms. The van der Waals surface area contributed by atoms with Gasteiger partial charge in [0.15, 0.2) is 0 Å². The molecule has 5 aromatic carbocycles. The fourth-order valence-electron chi connectivity index (χ4n) is 5.33. The standard InChI is InChI=1S/C31H25BNO2/c1-31(2)29-10-6-5-9-27(29)28-18-15-25(20-30(28)31)33(23-13-16-26(17-14-23)35-32-34)24-12-11-21-7-3-4-8-22(21)19-24/h3-20,34H,1-2H3. The first-order valence-corrected chi connectivity index (χ1v) is 11.8. The third-order valence-electron chi connectivity index (χ3n) is 7.10. The van der Waals surface area contributed by atoms with Crippen LogP contribution in [0.1, 0.15) is 25.0 Å². The summed E-state index contributed by atoms with van der Waals surface area (Å²) in [6.07, 6.45) is 0. The highest BCUT2D eigenvalue weighted by molar-refractivity contribution is 6.17. The van der Waals surface area contributed by atoms with Gasteiger partial charge in [-0.1, -0.05) is 74.5 Å². The molecule has 1 N–H and O–H groups in total. The Morgan fingerprint density at radius 2 is 1.26 bits per heavy atom. The molecule has 0 amide bonds. The fraction of sp³-hybridized carbons (Fsp3) is 0.0968. The van der Waals surface area contributed by atoms with Crippen LogP contribution in [0.2, 0.25) is 0 Å². The number of benzene rings is 5. The van der Waals surface area contributed by atoms with Crippen molar-refractivity contribution in [1.82, 2.24) is 0 Å². The van der Waals surface area contributed by atoms with Crippen LogP contribution in [0.3, 0.4) is 0 Å². The molecule has 0 aromatic heterocycles. The van der Waals surface area contributed by atoms with Gasteiger partial charge >= 0.3 is 7.69 Å². The number of rotatable bonds is 5. The Bertz CT molecular complexity index is 1540. The van der Waals surface area contributed by atoms with E-state index in [-0.39, 0.29) is 5.41 Å². The first-order chi connectivity index (χ1) is 17.1. The van der Waals surface area contributed by atoms with Gasteiger partial charge in [0.2, 0.25) is 0 Å². The summed E-state index contributed by atoms with van der Waals surface area (Å²) in [6.45, 7) is 4.61. The Hall–Kier alpha value is -4.02. The van der Waals surface area contributed by atoms with Gasteiger partial charge < -0.3 is 14.6 Å². The van der Waals surface area contributed by atoms with E-state index < -0.39 is 0 Å². The van der Waals surface area contributed by atoms with Crippen LogP contribution < -0.4 is 9.55 Å². The zero-order valence-electron chi connectivity index (χ0n) is 19.8. The van der Waals surface area contributed by atoms with E-state index >= 15 is 0 Å². The van der Waals surface area contributed by atoms with E-state index in [9.17, 15) is 0 Å². The molecule has 6 rings (SSSR count). The summed E-state index contributed by atoms with van der Waals surface area (Å²) in [6, 6.07) is 38.2. The first-order valence-electron chi connectivity index (χ1n) is 11.8. The predicted molar refractivity (Wildman–Crippen MR) is 145 cm³/mol. The Morgan fingerprint density at radius 1 is 0.629 bits per heavy atom. The van der Waals surface area contributed by atoms with Crippen LogP contribution in [-0.4, -0.2) is 12.7 Å². The van der Waals surface area contributed by atoms with Gasteiger partial charge in [0, 0.05) is 22.5 Å². The fourth-order valence-corrected chi connectivity index (χ4v) is 5.33. The number of fused-ring (bicyclic) bond motifs is 4. The van der Waals surface area contributed by atoms with Gasteiger partial charge in [0.1, 0.15) is 5.75 Å². The van der Waals surface area contributed by atoms with Crippen molar-refractivity contribution in [2.75, 3.05) is 4.90 Å². The lowest BCUT2D eigenvalue weighted by atomic mass is 9.82. The van der Waals surface area contributed by atoms with Crippen LogP contribution >= 0.6 is 0 Å². The molecule has 0 fully saturated rings. The lowest BCUT2D eigenvalue weighted by Crippen LogP contribution is -2.16. The van der Waals surface area contributed by atoms with Crippen molar-refractivity contribution < 1.29 is 9.68 Å². The molecule has 1 radical (unpaired) electrons. The largest absolute Gasteiger partial charge is 0.569 e. The van der Waals surface area contributed by atoms with Crippen molar-refractivity contribution in [3.63, 3.8) is 0 Å². The van der Waals surface area contributed by atoms with Crippen molar-refractivity contribution in [2.45, 2.75) is 19.3 Å². The van der Waals surface area contributed by atoms with Crippen molar-refractivity contribution in [2.24, 2.45) is 0 Å². The molecule has 35 heavy (non-hydrogen) atoms. The molecule has 0 saturated heterocycles. The normalized spacial score (nSPS) is 13.2. The Labute approximate surface area is 206 Å². The summed E-state index contributed by atoms with van der Waals surface area (Å²) >= 11 is 0. The molecular formula is C31H25BNO2. The van der Waals surface area contributed by atoms with Crippen LogP contribution in [0.15, 0.2) is 109 Å². The maximum absolute atomic E-state index is 9.01. The Balaban J connectivity index is 1.52. The highest BCUT2D eigenvalue weighted by Gasteiger charge is 2.35. The monoisotopic (exact) mass is 454 g/mol. The molecule has 1 aliphatic carbocycles. The molecule has 0 unspecified atom stereocenters. The third-order valence-corrected chi connectivity index (χ3v) is 7.10. The molecule has 0 atom stereocenters. The van der Waals surface area contributed by atoms with Gasteiger partial charge in [-0.25, -0.2) is 0 Å². The minimum atomic E-state index is -0.0777. The van der Waals surface area contributed by atoms with Gasteiger partial charge in [-0.2, -0.15) is 0 Å². The van der Waals surface area contributed by atoms with Crippen molar-refractivity contribution in [3.8, 4) is 16.9 Å². The van der Waals surface area contributed by atoms with E-state index in [1.165, 1.54) is 33.0 Å². The minimum absolute atomic E-state index is 0.0777. The first kappa shape index (κ1) is 21.5. The number of nitrogens with zero attached hydrogens (tertiary/aromatic N) is 1. The summed E-state index contributed by atoms with van der Waals surface area (Å²) in [5.74, 6) is 0.584. The van der Waals surface area contributed by atoms with E-state index in [1.54, 1.807) is 0 Å². The molecule has 0 aliphatic heterocycles. The zero-order chi connectivity index (χ0) is 24.0. The lowest BCUT2D eigenvalue weighted by Gasteiger charge is -2.28. The van der Waals surface area contributed by atoms with Crippen LogP contribution in [-0.2, 0) is 5.41 Å². The smallest absolute Gasteiger partial charge is 0.537 e. The van der Waals surface area contributed by atoms with Gasteiger partial charge in [-0.15, -0.1) is 0 Å². The maximum atomic E-state index is 9.01. The van der Waals surface area contributed by atoms with Gasteiger partial charge in [-0.05, 0) is 81.6 Å². The zero-order valence-corrected chi connectivity index (χ0v) is 19.8. The van der Waals surface area contributed by atoms with Gasteiger partial charge in [-0.3, -0.25) is 0 Å². The van der Waals surface area contributed by atoms with Crippen molar-refractivity contribution >= 4 is 35.5 Å². The highest BCUT2D eigenvalue weighted by Crippen LogP contribution is 2.50. The van der Waals surface area contributed by atoms with Crippen molar-refractivity contribution in [3.05, 3.63) is 120 Å². The molecule has 3 nitrogen and oxygen atoms in total. The van der Waals surface area contributed by atoms with Crippen molar-refractivity contribution in [1.29, 1.82) is 0 Å². The SMILES string of the molecule is CC1(C)c2ccccc2-c2ccc(N(c3ccc(O[B]O)cc3)c3ccc4ccccc4c3)cc21. The average Bonchev–Trinajstić information content (AvgIpc) is 3.12. The second-order valence-corrected chi connectivity index (χ2v) is 9.48. The molecule has 0 bridgehead atoms. The number of hydrogen-bond donors (Lipinski definition) is 1. The minimum Gasteiger partial charge on any atom is -0.537 e. The van der Waals surface area contributed by atoms with E-state index in [4.69, 9.17) is 9.68 Å². The third kappa shape index (κ3) is 3.58. The highest BCUT2D eigenvalue weighted by atomic mass is 16.5. The van der Waals surface area contributed by atoms with Gasteiger partial charge in [0.05, 0.1) is 0 Å². The lowest BCUT2D eigenvalue weighted by molar-refractivity contribution is 0.454. The summed E-state index contributed by atoms with van der Waals surface area (Å²) in [7, 11) is 0.705. The van der Waals surface area contributed by atoms with E-state index in [1.807, 2.05) is 24.3 Å². The summed E-state index contributed by atoms with van der Waals surface area (Å²) < 4.78 is 5.15. The number of anilines is 3. The van der Waals surface area contributed by atoms with E-state index in [2.05, 4.69) is 104 Å². The topological polar surface area (TPSA) is 32.7 Å². The molecule has 1 aliphatic rings.